The third-order valence-electron chi connectivity index (χ3n) is 4.55. The molecule has 3 rings (SSSR count). The molecule has 0 N–H and O–H groups in total. The number of halogens is 2. The lowest BCUT2D eigenvalue weighted by atomic mass is 9.90. The van der Waals surface area contributed by atoms with Gasteiger partial charge in [-0.05, 0) is 49.1 Å². The van der Waals surface area contributed by atoms with Crippen LogP contribution in [0, 0.1) is 18.6 Å². The molecule has 2 aromatic carbocycles. The van der Waals surface area contributed by atoms with Crippen LogP contribution in [0.2, 0.25) is 0 Å². The largest absolute Gasteiger partial charge is 0.368 e. The van der Waals surface area contributed by atoms with Gasteiger partial charge in [-0.2, -0.15) is 0 Å². The van der Waals surface area contributed by atoms with Gasteiger partial charge in [-0.1, -0.05) is 18.2 Å². The van der Waals surface area contributed by atoms with Crippen molar-refractivity contribution in [3.8, 4) is 0 Å². The highest BCUT2D eigenvalue weighted by molar-refractivity contribution is 5.64. The van der Waals surface area contributed by atoms with E-state index in [9.17, 15) is 8.78 Å². The van der Waals surface area contributed by atoms with E-state index < -0.39 is 17.7 Å². The van der Waals surface area contributed by atoms with Gasteiger partial charge in [0.15, 0.2) is 11.6 Å². The van der Waals surface area contributed by atoms with E-state index in [2.05, 4.69) is 11.9 Å². The van der Waals surface area contributed by atoms with E-state index >= 15 is 0 Å². The van der Waals surface area contributed by atoms with Gasteiger partial charge < -0.3 is 9.64 Å². The zero-order valence-corrected chi connectivity index (χ0v) is 14.7. The van der Waals surface area contributed by atoms with Gasteiger partial charge in [0, 0.05) is 19.2 Å². The molecule has 1 heterocycles. The Morgan fingerprint density at radius 2 is 2.08 bits per heavy atom. The zero-order valence-electron chi connectivity index (χ0n) is 14.7. The summed E-state index contributed by atoms with van der Waals surface area (Å²) in [6.45, 7) is 5.37. The van der Waals surface area contributed by atoms with Crippen molar-refractivity contribution < 1.29 is 13.5 Å². The molecule has 1 unspecified atom stereocenters. The van der Waals surface area contributed by atoms with Crippen LogP contribution in [0.5, 0.6) is 0 Å². The summed E-state index contributed by atoms with van der Waals surface area (Å²) in [7, 11) is 1.97. The van der Waals surface area contributed by atoms with Crippen molar-refractivity contribution >= 4 is 12.0 Å². The van der Waals surface area contributed by atoms with Gasteiger partial charge in [-0.15, -0.1) is 0 Å². The minimum absolute atomic E-state index is 0.238. The molecule has 1 atom stereocenters. The quantitative estimate of drug-likeness (QED) is 0.600. The lowest BCUT2D eigenvalue weighted by Gasteiger charge is -2.27. The van der Waals surface area contributed by atoms with Crippen LogP contribution in [-0.2, 0) is 11.2 Å². The monoisotopic (exact) mass is 344 g/mol. The fraction of sp³-hybridized carbons (Fsp3) is 0.350. The zero-order chi connectivity index (χ0) is 18.0. The van der Waals surface area contributed by atoms with E-state index in [0.29, 0.717) is 6.61 Å². The van der Waals surface area contributed by atoms with Gasteiger partial charge in [0.2, 0.25) is 0 Å². The number of benzene rings is 2. The number of aryl methyl sites for hydroxylation is 1. The Labute approximate surface area is 147 Å². The first-order valence-electron chi connectivity index (χ1n) is 8.44. The smallest absolute Gasteiger partial charge is 0.164 e. The summed E-state index contributed by atoms with van der Waals surface area (Å²) < 4.78 is 33.6. The Morgan fingerprint density at radius 3 is 2.84 bits per heavy atom. The van der Waals surface area contributed by atoms with Crippen molar-refractivity contribution in [1.29, 1.82) is 0 Å². The number of ether oxygens (including phenoxy) is 1. The lowest BCUT2D eigenvalue weighted by molar-refractivity contribution is 0.0670. The number of hydrogen-bond donors (Lipinski definition) is 0. The molecule has 5 heteroatoms. The van der Waals surface area contributed by atoms with Crippen molar-refractivity contribution in [1.82, 2.24) is 4.90 Å². The third-order valence-corrected chi connectivity index (χ3v) is 4.55. The summed E-state index contributed by atoms with van der Waals surface area (Å²) in [5.41, 5.74) is 4.06. The van der Waals surface area contributed by atoms with Crippen molar-refractivity contribution in [2.24, 2.45) is 4.99 Å². The molecule has 0 saturated heterocycles. The fourth-order valence-corrected chi connectivity index (χ4v) is 2.96. The van der Waals surface area contributed by atoms with Crippen LogP contribution in [0.4, 0.5) is 14.5 Å². The Bertz CT molecular complexity index is 805. The van der Waals surface area contributed by atoms with Crippen LogP contribution in [0.15, 0.2) is 35.3 Å². The highest BCUT2D eigenvalue weighted by Gasteiger charge is 2.27. The molecule has 0 spiro atoms. The molecule has 2 aromatic rings. The normalized spacial score (nSPS) is 16.9. The lowest BCUT2D eigenvalue weighted by Crippen LogP contribution is -2.19. The van der Waals surface area contributed by atoms with E-state index in [1.54, 1.807) is 12.4 Å². The van der Waals surface area contributed by atoms with Gasteiger partial charge in [-0.25, -0.2) is 13.8 Å². The van der Waals surface area contributed by atoms with E-state index in [1.165, 1.54) is 6.07 Å². The summed E-state index contributed by atoms with van der Waals surface area (Å²) >= 11 is 0. The second kappa shape index (κ2) is 7.31. The molecular weight excluding hydrogens is 322 g/mol. The highest BCUT2D eigenvalue weighted by atomic mass is 19.2. The standard InChI is InChI=1S/C20H22F2N2O/c1-4-24(3)12-23-18-11-14-8-9-25-20(16(14)10-13(18)2)15-6-5-7-17(21)19(15)22/h5-7,10-12,20H,4,8-9H2,1-3H3. The Balaban J connectivity index is 2.01. The van der Waals surface area contributed by atoms with Gasteiger partial charge in [-0.3, -0.25) is 0 Å². The van der Waals surface area contributed by atoms with Crippen molar-refractivity contribution in [3.63, 3.8) is 0 Å². The summed E-state index contributed by atoms with van der Waals surface area (Å²) in [6.07, 6.45) is 1.95. The van der Waals surface area contributed by atoms with Crippen LogP contribution in [0.25, 0.3) is 0 Å². The molecule has 0 aliphatic carbocycles. The summed E-state index contributed by atoms with van der Waals surface area (Å²) in [4.78, 5) is 6.53. The van der Waals surface area contributed by atoms with Gasteiger partial charge >= 0.3 is 0 Å². The Hall–Kier alpha value is -2.27. The van der Waals surface area contributed by atoms with E-state index in [1.807, 2.05) is 31.0 Å². The van der Waals surface area contributed by atoms with Crippen molar-refractivity contribution in [3.05, 3.63) is 64.2 Å². The molecule has 0 aromatic heterocycles. The van der Waals surface area contributed by atoms with Gasteiger partial charge in [0.05, 0.1) is 18.6 Å². The highest BCUT2D eigenvalue weighted by Crippen LogP contribution is 2.37. The summed E-state index contributed by atoms with van der Waals surface area (Å²) in [5.74, 6) is -1.70. The maximum atomic E-state index is 14.2. The molecular formula is C20H22F2N2O. The van der Waals surface area contributed by atoms with Crippen molar-refractivity contribution in [2.45, 2.75) is 26.4 Å². The maximum absolute atomic E-state index is 14.2. The van der Waals surface area contributed by atoms with Crippen LogP contribution in [0.3, 0.4) is 0 Å². The third kappa shape index (κ3) is 3.56. The molecule has 1 aliphatic heterocycles. The molecule has 0 fully saturated rings. The molecule has 132 valence electrons. The molecule has 0 saturated carbocycles. The van der Waals surface area contributed by atoms with Crippen LogP contribution < -0.4 is 0 Å². The minimum atomic E-state index is -0.853. The van der Waals surface area contributed by atoms with Gasteiger partial charge in [0.1, 0.15) is 6.10 Å². The molecule has 0 bridgehead atoms. The fourth-order valence-electron chi connectivity index (χ4n) is 2.96. The summed E-state index contributed by atoms with van der Waals surface area (Å²) in [5, 5.41) is 0. The predicted molar refractivity (Wildman–Crippen MR) is 95.5 cm³/mol. The van der Waals surface area contributed by atoms with Gasteiger partial charge in [0.25, 0.3) is 0 Å². The molecule has 25 heavy (non-hydrogen) atoms. The first-order chi connectivity index (χ1) is 12.0. The number of fused-ring (bicyclic) bond motifs is 1. The second-order valence-electron chi connectivity index (χ2n) is 6.30. The molecule has 0 amide bonds. The summed E-state index contributed by atoms with van der Waals surface area (Å²) in [6, 6.07) is 8.21. The molecule has 1 aliphatic rings. The van der Waals surface area contributed by atoms with Crippen molar-refractivity contribution in [2.75, 3.05) is 20.2 Å². The van der Waals surface area contributed by atoms with E-state index in [-0.39, 0.29) is 5.56 Å². The maximum Gasteiger partial charge on any atom is 0.164 e. The second-order valence-corrected chi connectivity index (χ2v) is 6.30. The number of nitrogens with zero attached hydrogens (tertiary/aromatic N) is 2. The number of hydrogen-bond acceptors (Lipinski definition) is 2. The molecule has 3 nitrogen and oxygen atoms in total. The average molecular weight is 344 g/mol. The van der Waals surface area contributed by atoms with Crippen LogP contribution in [0.1, 0.15) is 35.3 Å². The molecule has 0 radical (unpaired) electrons. The number of aliphatic imine (C=N–C) groups is 1. The SMILES string of the molecule is CCN(C)C=Nc1cc2c(cc1C)C(c1cccc(F)c1F)OCC2. The first kappa shape index (κ1) is 17.5. The van der Waals surface area contributed by atoms with E-state index in [0.717, 1.165) is 41.4 Å². The topological polar surface area (TPSA) is 24.8 Å². The first-order valence-corrected chi connectivity index (χ1v) is 8.44. The van der Waals surface area contributed by atoms with Crippen LogP contribution >= 0.6 is 0 Å². The van der Waals surface area contributed by atoms with Crippen LogP contribution in [-0.4, -0.2) is 31.4 Å². The number of rotatable bonds is 4. The predicted octanol–water partition coefficient (Wildman–Crippen LogP) is 4.55. The minimum Gasteiger partial charge on any atom is -0.368 e. The Kier molecular flexibility index (Phi) is 5.13. The Morgan fingerprint density at radius 1 is 1.28 bits per heavy atom. The van der Waals surface area contributed by atoms with E-state index in [4.69, 9.17) is 4.74 Å². The average Bonchev–Trinajstić information content (AvgIpc) is 2.61.